The Morgan fingerprint density at radius 1 is 1.03 bits per heavy atom. The number of aryl methyl sites for hydroxylation is 3. The van der Waals surface area contributed by atoms with Crippen LogP contribution in [-0.4, -0.2) is 25.4 Å². The number of aromatic nitrogens is 4. The van der Waals surface area contributed by atoms with Gasteiger partial charge in [-0.15, -0.1) is 0 Å². The summed E-state index contributed by atoms with van der Waals surface area (Å²) in [6.45, 7) is 4.85. The van der Waals surface area contributed by atoms with Crippen molar-refractivity contribution < 1.29 is 9.63 Å². The van der Waals surface area contributed by atoms with Crippen LogP contribution in [0.4, 0.5) is 0 Å². The van der Waals surface area contributed by atoms with E-state index in [0.717, 1.165) is 35.0 Å². The summed E-state index contributed by atoms with van der Waals surface area (Å²) >= 11 is 0. The first-order valence-electron chi connectivity index (χ1n) is 11.3. The van der Waals surface area contributed by atoms with Gasteiger partial charge in [0.2, 0.25) is 5.91 Å². The van der Waals surface area contributed by atoms with Gasteiger partial charge >= 0.3 is 5.69 Å². The first-order chi connectivity index (χ1) is 16.4. The molecule has 2 aliphatic rings. The van der Waals surface area contributed by atoms with Crippen LogP contribution in [-0.2, 0) is 22.8 Å². The average molecular weight is 462 g/mol. The number of hydroxylamine groups is 1. The zero-order chi connectivity index (χ0) is 24.1. The molecular formula is C25H27N5O4. The number of unbranched alkanes of at least 4 members (excludes halogenated alkanes) is 2. The molecule has 0 spiro atoms. The molecule has 0 saturated carbocycles. The fourth-order valence-corrected chi connectivity index (χ4v) is 3.83. The van der Waals surface area contributed by atoms with E-state index in [0.29, 0.717) is 31.5 Å². The number of fused-ring (bicyclic) bond motifs is 2. The van der Waals surface area contributed by atoms with Gasteiger partial charge in [-0.1, -0.05) is 36.8 Å². The Kier molecular flexibility index (Phi) is 7.12. The number of benzene rings is 2. The van der Waals surface area contributed by atoms with E-state index in [4.69, 9.17) is 4.84 Å². The van der Waals surface area contributed by atoms with E-state index in [1.165, 1.54) is 0 Å². The predicted octanol–water partition coefficient (Wildman–Crippen LogP) is 3.01. The maximum absolute atomic E-state index is 12.3. The minimum Gasteiger partial charge on any atom is -0.322 e. The summed E-state index contributed by atoms with van der Waals surface area (Å²) in [5, 5.41) is 0. The van der Waals surface area contributed by atoms with E-state index < -0.39 is 11.2 Å². The molecule has 2 aromatic carbocycles. The van der Waals surface area contributed by atoms with Gasteiger partial charge in [-0.25, -0.2) is 15.3 Å². The molecule has 176 valence electrons. The smallest absolute Gasteiger partial charge is 0.322 e. The van der Waals surface area contributed by atoms with Crippen molar-refractivity contribution in [3.63, 3.8) is 0 Å². The van der Waals surface area contributed by atoms with E-state index in [-0.39, 0.29) is 17.4 Å². The molecule has 4 rings (SSSR count). The zero-order valence-corrected chi connectivity index (χ0v) is 19.3. The highest BCUT2D eigenvalue weighted by Gasteiger charge is 2.19. The summed E-state index contributed by atoms with van der Waals surface area (Å²) in [6.07, 6.45) is 2.55. The van der Waals surface area contributed by atoms with Crippen LogP contribution in [0.5, 0.6) is 0 Å². The Labute approximate surface area is 196 Å². The molecule has 2 aliphatic heterocycles. The molecule has 9 nitrogen and oxygen atoms in total. The number of carbonyl (C=O) groups excluding carboxylic acids is 1. The summed E-state index contributed by atoms with van der Waals surface area (Å²) in [5.41, 5.74) is 6.01. The maximum atomic E-state index is 12.3. The molecule has 2 aromatic rings. The number of nitrogens with zero attached hydrogens (tertiary/aromatic N) is 3. The van der Waals surface area contributed by atoms with Gasteiger partial charge in [0.05, 0.1) is 17.6 Å². The van der Waals surface area contributed by atoms with E-state index in [9.17, 15) is 14.4 Å². The number of rotatable bonds is 9. The second kappa shape index (κ2) is 10.4. The minimum atomic E-state index is -0.691. The molecule has 0 bridgehead atoms. The lowest BCUT2D eigenvalue weighted by Gasteiger charge is -2.17. The molecule has 0 saturated heterocycles. The molecule has 0 fully saturated rings. The SMILES string of the molecule is Cc1cc2nc3c(=O)[nH]c(=O)nc-3n(CCCCCC(=O)NOCc3ccccc3)c2cc1C. The van der Waals surface area contributed by atoms with Crippen LogP contribution in [0.2, 0.25) is 0 Å². The topological polar surface area (TPSA) is 119 Å². The molecule has 0 unspecified atom stereocenters. The zero-order valence-electron chi connectivity index (χ0n) is 19.3. The summed E-state index contributed by atoms with van der Waals surface area (Å²) in [4.78, 5) is 52.2. The first kappa shape index (κ1) is 23.3. The first-order valence-corrected chi connectivity index (χ1v) is 11.3. The van der Waals surface area contributed by atoms with Crippen molar-refractivity contribution >= 4 is 16.9 Å². The van der Waals surface area contributed by atoms with Crippen LogP contribution in [0.1, 0.15) is 42.4 Å². The Morgan fingerprint density at radius 3 is 2.59 bits per heavy atom. The van der Waals surface area contributed by atoms with E-state index in [2.05, 4.69) is 20.4 Å². The summed E-state index contributed by atoms with van der Waals surface area (Å²) in [5.74, 6) is 0.107. The van der Waals surface area contributed by atoms with Crippen molar-refractivity contribution in [1.82, 2.24) is 25.0 Å². The van der Waals surface area contributed by atoms with Crippen molar-refractivity contribution in [3.8, 4) is 11.5 Å². The second-order valence-corrected chi connectivity index (χ2v) is 8.34. The fourth-order valence-electron chi connectivity index (χ4n) is 3.83. The molecule has 0 atom stereocenters. The largest absolute Gasteiger partial charge is 0.349 e. The van der Waals surface area contributed by atoms with Gasteiger partial charge in [0.1, 0.15) is 0 Å². The summed E-state index contributed by atoms with van der Waals surface area (Å²) < 4.78 is 1.88. The third kappa shape index (κ3) is 5.37. The lowest BCUT2D eigenvalue weighted by atomic mass is 10.1. The molecule has 2 heterocycles. The van der Waals surface area contributed by atoms with Gasteiger partial charge in [-0.05, 0) is 55.5 Å². The highest BCUT2D eigenvalue weighted by Crippen LogP contribution is 2.24. The van der Waals surface area contributed by atoms with Crippen molar-refractivity contribution in [2.45, 2.75) is 52.7 Å². The van der Waals surface area contributed by atoms with Crippen LogP contribution in [0.25, 0.3) is 22.6 Å². The third-order valence-corrected chi connectivity index (χ3v) is 5.78. The monoisotopic (exact) mass is 461 g/mol. The average Bonchev–Trinajstić information content (AvgIpc) is 2.81. The molecule has 9 heteroatoms. The molecule has 0 aliphatic carbocycles. The van der Waals surface area contributed by atoms with Gasteiger partial charge in [-0.2, -0.15) is 4.98 Å². The maximum Gasteiger partial charge on any atom is 0.349 e. The molecular weight excluding hydrogens is 434 g/mol. The van der Waals surface area contributed by atoms with Crippen LogP contribution in [0, 0.1) is 13.8 Å². The second-order valence-electron chi connectivity index (χ2n) is 8.34. The van der Waals surface area contributed by atoms with Crippen molar-refractivity contribution in [1.29, 1.82) is 0 Å². The molecule has 0 aromatic heterocycles. The Hall–Kier alpha value is -3.85. The van der Waals surface area contributed by atoms with Gasteiger partial charge < -0.3 is 4.57 Å². The number of hydrogen-bond donors (Lipinski definition) is 2. The van der Waals surface area contributed by atoms with E-state index in [1.807, 2.05) is 60.9 Å². The number of H-pyrrole nitrogens is 1. The summed E-state index contributed by atoms with van der Waals surface area (Å²) in [6, 6.07) is 13.6. The van der Waals surface area contributed by atoms with Gasteiger partial charge in [0.15, 0.2) is 11.5 Å². The standard InChI is InChI=1S/C25H27N5O4/c1-16-13-19-20(14-17(16)2)30(23-22(26-19)24(32)28-25(33)27-23)12-8-4-7-11-21(31)29-34-15-18-9-5-3-6-10-18/h3,5-6,9-10,13-14H,4,7-8,11-12,15H2,1-2H3,(H,29,31)(H,28,32,33). The Morgan fingerprint density at radius 2 is 1.79 bits per heavy atom. The molecule has 34 heavy (non-hydrogen) atoms. The van der Waals surface area contributed by atoms with Gasteiger partial charge in [0, 0.05) is 13.0 Å². The highest BCUT2D eigenvalue weighted by molar-refractivity contribution is 5.81. The van der Waals surface area contributed by atoms with E-state index >= 15 is 0 Å². The molecule has 1 amide bonds. The van der Waals surface area contributed by atoms with E-state index in [1.54, 1.807) is 0 Å². The summed E-state index contributed by atoms with van der Waals surface area (Å²) in [7, 11) is 0. The van der Waals surface area contributed by atoms with Gasteiger partial charge in [-0.3, -0.25) is 19.4 Å². The van der Waals surface area contributed by atoms with Crippen LogP contribution >= 0.6 is 0 Å². The van der Waals surface area contributed by atoms with Crippen molar-refractivity contribution in [2.75, 3.05) is 0 Å². The lowest BCUT2D eigenvalue weighted by molar-refractivity contribution is -0.134. The quantitative estimate of drug-likeness (QED) is 0.225. The van der Waals surface area contributed by atoms with Gasteiger partial charge in [0.25, 0.3) is 5.56 Å². The number of carbonyl (C=O) groups is 1. The Balaban J connectivity index is 1.38. The van der Waals surface area contributed by atoms with Crippen molar-refractivity contribution in [2.24, 2.45) is 0 Å². The highest BCUT2D eigenvalue weighted by atomic mass is 16.6. The number of amides is 1. The normalized spacial score (nSPS) is 11.2. The van der Waals surface area contributed by atoms with Crippen LogP contribution in [0.15, 0.2) is 52.1 Å². The molecule has 0 radical (unpaired) electrons. The predicted molar refractivity (Wildman–Crippen MR) is 128 cm³/mol. The fraction of sp³-hybridized carbons (Fsp3) is 0.320. The number of aromatic amines is 1. The minimum absolute atomic E-state index is 0.144. The Bertz CT molecular complexity index is 1390. The van der Waals surface area contributed by atoms with Crippen LogP contribution < -0.4 is 16.7 Å². The lowest BCUT2D eigenvalue weighted by Crippen LogP contribution is -2.29. The number of nitrogens with one attached hydrogen (secondary N) is 2. The third-order valence-electron chi connectivity index (χ3n) is 5.78. The van der Waals surface area contributed by atoms with Crippen molar-refractivity contribution in [3.05, 3.63) is 80.0 Å². The van der Waals surface area contributed by atoms with Crippen LogP contribution in [0.3, 0.4) is 0 Å². The number of hydrogen-bond acceptors (Lipinski definition) is 6. The molecule has 2 N–H and O–H groups in total.